The van der Waals surface area contributed by atoms with Gasteiger partial charge < -0.3 is 5.32 Å². The van der Waals surface area contributed by atoms with Crippen LogP contribution >= 0.6 is 0 Å². The smallest absolute Gasteiger partial charge is 0.261 e. The number of rotatable bonds is 5. The lowest BCUT2D eigenvalue weighted by Gasteiger charge is -2.13. The average molecular weight is 499 g/mol. The van der Waals surface area contributed by atoms with Gasteiger partial charge in [0, 0.05) is 24.7 Å². The van der Waals surface area contributed by atoms with Gasteiger partial charge in [-0.3, -0.25) is 14.4 Å². The molecule has 0 aliphatic carbocycles. The highest BCUT2D eigenvalue weighted by Gasteiger charge is 2.21. The summed E-state index contributed by atoms with van der Waals surface area (Å²) < 4.78 is 56.9. The number of nitrogens with zero attached hydrogens (tertiary/aromatic N) is 2. The maximum absolute atomic E-state index is 15.1. The van der Waals surface area contributed by atoms with Crippen molar-refractivity contribution >= 4 is 33.1 Å². The second-order valence-corrected chi connectivity index (χ2v) is 9.02. The van der Waals surface area contributed by atoms with Crippen LogP contribution in [0, 0.1) is 23.5 Å². The zero-order chi connectivity index (χ0) is 25.2. The van der Waals surface area contributed by atoms with E-state index in [0.29, 0.717) is 18.1 Å². The van der Waals surface area contributed by atoms with Crippen LogP contribution in [0.5, 0.6) is 0 Å². The fourth-order valence-electron chi connectivity index (χ4n) is 3.24. The molecule has 1 aromatic heterocycles. The zero-order valence-electron chi connectivity index (χ0n) is 18.5. The summed E-state index contributed by atoms with van der Waals surface area (Å²) in [5.41, 5.74) is 3.34. The topological polar surface area (TPSA) is 113 Å². The van der Waals surface area contributed by atoms with Gasteiger partial charge in [0.25, 0.3) is 10.0 Å². The van der Waals surface area contributed by atoms with Gasteiger partial charge in [-0.05, 0) is 48.4 Å². The van der Waals surface area contributed by atoms with Crippen LogP contribution in [0.1, 0.15) is 23.7 Å². The van der Waals surface area contributed by atoms with Gasteiger partial charge in [-0.2, -0.15) is 5.17 Å². The molecule has 0 saturated heterocycles. The predicted molar refractivity (Wildman–Crippen MR) is 124 cm³/mol. The van der Waals surface area contributed by atoms with Gasteiger partial charge in [0.05, 0.1) is 23.3 Å². The van der Waals surface area contributed by atoms with Crippen LogP contribution in [0.4, 0.5) is 26.0 Å². The molecule has 9 nitrogen and oxygen atoms in total. The molecule has 4 rings (SSSR count). The molecule has 180 valence electrons. The van der Waals surface area contributed by atoms with Crippen molar-refractivity contribution < 1.29 is 26.8 Å². The van der Waals surface area contributed by atoms with E-state index in [2.05, 4.69) is 32.3 Å². The number of hydrogen-bond acceptors (Lipinski definition) is 7. The van der Waals surface area contributed by atoms with E-state index in [-0.39, 0.29) is 16.5 Å². The first-order valence-electron chi connectivity index (χ1n) is 10.2. The highest BCUT2D eigenvalue weighted by atomic mass is 32.2. The van der Waals surface area contributed by atoms with E-state index >= 15 is 4.39 Å². The van der Waals surface area contributed by atoms with E-state index in [9.17, 15) is 17.6 Å². The largest absolute Gasteiger partial charge is 0.326 e. The maximum atomic E-state index is 15.1. The Balaban J connectivity index is 1.60. The lowest BCUT2D eigenvalue weighted by molar-refractivity contribution is -0.114. The van der Waals surface area contributed by atoms with E-state index in [1.54, 1.807) is 12.1 Å². The second kappa shape index (κ2) is 9.67. The molecule has 0 saturated carbocycles. The SMILES string of the molecule is CON1NCc2ccc(C#Cc3c(F)ccc(NS(=O)(=O)c4ccc(NC(C)=O)cc4)c3F)nc21. The van der Waals surface area contributed by atoms with Gasteiger partial charge >= 0.3 is 0 Å². The highest BCUT2D eigenvalue weighted by Crippen LogP contribution is 2.25. The standard InChI is InChI=1S/C23H19F2N5O4S/c1-14(31)27-16-5-8-18(9-6-16)35(32,33)29-21-12-11-20(24)19(22(21)25)10-7-17-4-3-15-13-26-30(34-2)23(15)28-17/h3-6,8-9,11-12,26,29H,13H2,1-2H3,(H,27,31). The Morgan fingerprint density at radius 1 is 1.11 bits per heavy atom. The Morgan fingerprint density at radius 3 is 2.54 bits per heavy atom. The molecule has 0 fully saturated rings. The van der Waals surface area contributed by atoms with Gasteiger partial charge in [0.2, 0.25) is 5.91 Å². The Bertz CT molecular complexity index is 1470. The molecular formula is C23H19F2N5O4S. The van der Waals surface area contributed by atoms with Crippen LogP contribution in [-0.4, -0.2) is 26.4 Å². The lowest BCUT2D eigenvalue weighted by Crippen LogP contribution is -2.31. The van der Waals surface area contributed by atoms with Crippen LogP contribution in [0.2, 0.25) is 0 Å². The fourth-order valence-corrected chi connectivity index (χ4v) is 4.30. The summed E-state index contributed by atoms with van der Waals surface area (Å²) in [6, 6.07) is 10.5. The normalized spacial score (nSPS) is 12.5. The average Bonchev–Trinajstić information content (AvgIpc) is 3.23. The number of sulfonamides is 1. The summed E-state index contributed by atoms with van der Waals surface area (Å²) in [5.74, 6) is 3.03. The van der Waals surface area contributed by atoms with Crippen molar-refractivity contribution in [1.82, 2.24) is 10.4 Å². The minimum Gasteiger partial charge on any atom is -0.326 e. The number of amides is 1. The van der Waals surface area contributed by atoms with Crippen molar-refractivity contribution in [1.29, 1.82) is 0 Å². The molecule has 2 heterocycles. The Morgan fingerprint density at radius 2 is 1.86 bits per heavy atom. The van der Waals surface area contributed by atoms with Crippen molar-refractivity contribution in [3.63, 3.8) is 0 Å². The van der Waals surface area contributed by atoms with Crippen LogP contribution < -0.4 is 20.6 Å². The lowest BCUT2D eigenvalue weighted by atomic mass is 10.1. The number of hydrogen-bond donors (Lipinski definition) is 3. The Labute approximate surface area is 200 Å². The van der Waals surface area contributed by atoms with E-state index in [0.717, 1.165) is 17.7 Å². The molecule has 1 amide bonds. The molecular weight excluding hydrogens is 480 g/mol. The zero-order valence-corrected chi connectivity index (χ0v) is 19.3. The number of halogens is 2. The highest BCUT2D eigenvalue weighted by molar-refractivity contribution is 7.92. The van der Waals surface area contributed by atoms with E-state index in [4.69, 9.17) is 4.84 Å². The number of aromatic nitrogens is 1. The van der Waals surface area contributed by atoms with Gasteiger partial charge in [-0.1, -0.05) is 12.0 Å². The van der Waals surface area contributed by atoms with Crippen LogP contribution in [0.15, 0.2) is 53.4 Å². The minimum atomic E-state index is -4.21. The molecule has 3 N–H and O–H groups in total. The predicted octanol–water partition coefficient (Wildman–Crippen LogP) is 2.90. The Kier molecular flexibility index (Phi) is 6.65. The number of benzene rings is 2. The fraction of sp³-hybridized carbons (Fsp3) is 0.130. The molecule has 0 radical (unpaired) electrons. The summed E-state index contributed by atoms with van der Waals surface area (Å²) in [5, 5.41) is 3.86. The first-order chi connectivity index (χ1) is 16.7. The van der Waals surface area contributed by atoms with Gasteiger partial charge in [-0.25, -0.2) is 27.6 Å². The monoisotopic (exact) mass is 499 g/mol. The number of fused-ring (bicyclic) bond motifs is 1. The van der Waals surface area contributed by atoms with E-state index in [1.165, 1.54) is 43.5 Å². The van der Waals surface area contributed by atoms with Crippen LogP contribution in [0.3, 0.4) is 0 Å². The van der Waals surface area contributed by atoms with E-state index < -0.39 is 32.9 Å². The third kappa shape index (κ3) is 5.22. The minimum absolute atomic E-state index is 0.179. The molecule has 12 heteroatoms. The Hall–Kier alpha value is -4.05. The number of hydrazine groups is 1. The number of anilines is 3. The molecule has 0 unspecified atom stereocenters. The summed E-state index contributed by atoms with van der Waals surface area (Å²) in [6.45, 7) is 1.82. The summed E-state index contributed by atoms with van der Waals surface area (Å²) >= 11 is 0. The number of pyridine rings is 1. The molecule has 2 aromatic carbocycles. The number of nitrogens with one attached hydrogen (secondary N) is 3. The van der Waals surface area contributed by atoms with Crippen molar-refractivity contribution in [2.24, 2.45) is 0 Å². The van der Waals surface area contributed by atoms with Crippen LogP contribution in [0.25, 0.3) is 0 Å². The first-order valence-corrected chi connectivity index (χ1v) is 11.6. The van der Waals surface area contributed by atoms with Gasteiger partial charge in [0.1, 0.15) is 11.5 Å². The molecule has 0 atom stereocenters. The first kappa shape index (κ1) is 24.1. The van der Waals surface area contributed by atoms with Crippen molar-refractivity contribution in [2.45, 2.75) is 18.4 Å². The molecule has 1 aliphatic rings. The molecule has 0 spiro atoms. The molecule has 3 aromatic rings. The maximum Gasteiger partial charge on any atom is 0.261 e. The van der Waals surface area contributed by atoms with E-state index in [1.807, 2.05) is 0 Å². The third-order valence-electron chi connectivity index (χ3n) is 4.88. The number of carbonyl (C=O) groups excluding carboxylic acids is 1. The summed E-state index contributed by atoms with van der Waals surface area (Å²) in [7, 11) is -2.75. The molecule has 0 bridgehead atoms. The van der Waals surface area contributed by atoms with Gasteiger partial charge in [0.15, 0.2) is 11.6 Å². The third-order valence-corrected chi connectivity index (χ3v) is 6.26. The summed E-state index contributed by atoms with van der Waals surface area (Å²) in [6.07, 6.45) is 0. The van der Waals surface area contributed by atoms with Gasteiger partial charge in [-0.15, -0.1) is 0 Å². The number of carbonyl (C=O) groups is 1. The van der Waals surface area contributed by atoms with Crippen molar-refractivity contribution in [3.8, 4) is 11.8 Å². The summed E-state index contributed by atoms with van der Waals surface area (Å²) in [4.78, 5) is 20.4. The molecule has 35 heavy (non-hydrogen) atoms. The molecule has 1 aliphatic heterocycles. The quantitative estimate of drug-likeness (QED) is 0.463. The van der Waals surface area contributed by atoms with Crippen molar-refractivity contribution in [3.05, 3.63) is 77.0 Å². The second-order valence-electron chi connectivity index (χ2n) is 7.34. The van der Waals surface area contributed by atoms with Crippen molar-refractivity contribution in [2.75, 3.05) is 22.3 Å². The van der Waals surface area contributed by atoms with Crippen LogP contribution in [-0.2, 0) is 26.2 Å².